The van der Waals surface area contributed by atoms with Crippen LogP contribution in [0, 0.1) is 11.3 Å². The lowest BCUT2D eigenvalue weighted by atomic mass is 9.97. The number of hydrogen-bond acceptors (Lipinski definition) is 8. The summed E-state index contributed by atoms with van der Waals surface area (Å²) in [5.74, 6) is -1.23. The van der Waals surface area contributed by atoms with Gasteiger partial charge in [-0.2, -0.15) is 5.26 Å². The average Bonchev–Trinajstić information content (AvgIpc) is 3.97. The van der Waals surface area contributed by atoms with Crippen LogP contribution in [0.15, 0.2) is 175 Å². The molecule has 0 aliphatic carbocycles. The van der Waals surface area contributed by atoms with Gasteiger partial charge < -0.3 is 10.0 Å². The second kappa shape index (κ2) is 15.3. The number of nitrogens with zero attached hydrogens (tertiary/aromatic N) is 4. The van der Waals surface area contributed by atoms with Crippen molar-refractivity contribution in [2.45, 2.75) is 0 Å². The Labute approximate surface area is 351 Å². The predicted molar refractivity (Wildman–Crippen MR) is 246 cm³/mol. The van der Waals surface area contributed by atoms with Gasteiger partial charge in [-0.3, -0.25) is 0 Å². The van der Waals surface area contributed by atoms with Gasteiger partial charge in [0.05, 0.1) is 31.8 Å². The zero-order chi connectivity index (χ0) is 39.9. The Morgan fingerprint density at radius 1 is 0.559 bits per heavy atom. The van der Waals surface area contributed by atoms with Gasteiger partial charge in [0, 0.05) is 58.5 Å². The lowest BCUT2D eigenvalue weighted by molar-refractivity contribution is -0.132. The van der Waals surface area contributed by atoms with Crippen LogP contribution in [0.4, 0.5) is 17.1 Å². The molecule has 0 bridgehead atoms. The van der Waals surface area contributed by atoms with Crippen LogP contribution in [0.1, 0.15) is 4.88 Å². The first kappa shape index (κ1) is 36.1. The predicted octanol–water partition coefficient (Wildman–Crippen LogP) is 14.3. The molecule has 6 nitrogen and oxygen atoms in total. The third-order valence-corrected chi connectivity index (χ3v) is 13.9. The summed E-state index contributed by atoms with van der Waals surface area (Å²) < 4.78 is 4.42. The molecule has 4 aromatic heterocycles. The average molecular weight is 815 g/mol. The van der Waals surface area contributed by atoms with E-state index in [9.17, 15) is 15.2 Å². The van der Waals surface area contributed by atoms with Crippen molar-refractivity contribution in [3.05, 3.63) is 180 Å². The van der Waals surface area contributed by atoms with E-state index in [0.29, 0.717) is 0 Å². The Morgan fingerprint density at radius 3 is 1.61 bits per heavy atom. The van der Waals surface area contributed by atoms with Gasteiger partial charge in [-0.1, -0.05) is 121 Å². The molecule has 0 saturated carbocycles. The topological polar surface area (TPSA) is 90.1 Å². The van der Waals surface area contributed by atoms with Gasteiger partial charge in [0.2, 0.25) is 0 Å². The zero-order valence-electron chi connectivity index (χ0n) is 31.1. The van der Waals surface area contributed by atoms with Gasteiger partial charge in [0.1, 0.15) is 11.6 Å². The van der Waals surface area contributed by atoms with Crippen LogP contribution in [0.5, 0.6) is 0 Å². The van der Waals surface area contributed by atoms with Crippen LogP contribution in [0.2, 0.25) is 0 Å². The Kier molecular flexibility index (Phi) is 9.35. The summed E-state index contributed by atoms with van der Waals surface area (Å²) in [6.07, 6.45) is 1.45. The fraction of sp³-hybridized carbons (Fsp3) is 0. The van der Waals surface area contributed by atoms with E-state index in [1.807, 2.05) is 54.6 Å². The van der Waals surface area contributed by atoms with Crippen molar-refractivity contribution < 1.29 is 9.90 Å². The molecule has 4 heterocycles. The fourth-order valence-electron chi connectivity index (χ4n) is 7.39. The second-order valence-corrected chi connectivity index (χ2v) is 17.0. The van der Waals surface area contributed by atoms with Crippen molar-refractivity contribution in [2.75, 3.05) is 4.90 Å². The van der Waals surface area contributed by atoms with Crippen molar-refractivity contribution in [1.82, 2.24) is 9.97 Å². The van der Waals surface area contributed by atoms with E-state index in [2.05, 4.69) is 120 Å². The van der Waals surface area contributed by atoms with E-state index in [-0.39, 0.29) is 5.57 Å². The molecular formula is C50H30N4O2S3. The molecule has 0 amide bonds. The molecule has 9 heteroatoms. The van der Waals surface area contributed by atoms with E-state index in [4.69, 9.17) is 9.97 Å². The van der Waals surface area contributed by atoms with E-state index in [0.717, 1.165) is 95.9 Å². The molecule has 0 atom stereocenters. The summed E-state index contributed by atoms with van der Waals surface area (Å²) in [7, 11) is 0. The Bertz CT molecular complexity index is 3200. The van der Waals surface area contributed by atoms with Crippen molar-refractivity contribution in [1.29, 1.82) is 5.26 Å². The lowest BCUT2D eigenvalue weighted by Gasteiger charge is -2.25. The summed E-state index contributed by atoms with van der Waals surface area (Å²) in [5, 5.41) is 18.8. The van der Waals surface area contributed by atoms with Gasteiger partial charge in [0.25, 0.3) is 0 Å². The molecule has 6 aromatic carbocycles. The number of thiophene rings is 3. The Hall–Kier alpha value is -7.22. The number of aliphatic carboxylic acids is 1. The van der Waals surface area contributed by atoms with Crippen molar-refractivity contribution in [2.24, 2.45) is 0 Å². The largest absolute Gasteiger partial charge is 0.477 e. The number of nitriles is 1. The minimum absolute atomic E-state index is 0.282. The third kappa shape index (κ3) is 6.75. The number of hydrogen-bond donors (Lipinski definition) is 1. The molecule has 10 rings (SSSR count). The molecule has 280 valence electrons. The minimum atomic E-state index is -1.23. The number of benzene rings is 6. The molecule has 0 saturated heterocycles. The molecule has 10 aromatic rings. The summed E-state index contributed by atoms with van der Waals surface area (Å²) in [6.45, 7) is 0. The smallest absolute Gasteiger partial charge is 0.346 e. The van der Waals surface area contributed by atoms with Crippen molar-refractivity contribution in [3.8, 4) is 50.2 Å². The highest BCUT2D eigenvalue weighted by Crippen LogP contribution is 2.48. The van der Waals surface area contributed by atoms with Gasteiger partial charge >= 0.3 is 5.97 Å². The van der Waals surface area contributed by atoms with E-state index < -0.39 is 5.97 Å². The Balaban J connectivity index is 1.16. The Morgan fingerprint density at radius 2 is 1.05 bits per heavy atom. The van der Waals surface area contributed by atoms with Crippen molar-refractivity contribution >= 4 is 93.0 Å². The molecule has 0 aliphatic heterocycles. The van der Waals surface area contributed by atoms with Gasteiger partial charge in [-0.25, -0.2) is 14.8 Å². The summed E-state index contributed by atoms with van der Waals surface area (Å²) in [4.78, 5) is 26.7. The van der Waals surface area contributed by atoms with Crippen LogP contribution in [0.3, 0.4) is 0 Å². The van der Waals surface area contributed by atoms with Crippen LogP contribution in [-0.2, 0) is 4.79 Å². The van der Waals surface area contributed by atoms with E-state index in [1.165, 1.54) is 17.4 Å². The number of rotatable bonds is 9. The van der Waals surface area contributed by atoms with Gasteiger partial charge in [-0.05, 0) is 60.2 Å². The van der Waals surface area contributed by atoms with Crippen LogP contribution >= 0.6 is 34.0 Å². The maximum absolute atomic E-state index is 11.6. The number of para-hydroxylation sites is 2. The molecule has 0 unspecified atom stereocenters. The maximum atomic E-state index is 11.6. The first-order valence-electron chi connectivity index (χ1n) is 18.8. The van der Waals surface area contributed by atoms with Gasteiger partial charge in [-0.15, -0.1) is 34.0 Å². The second-order valence-electron chi connectivity index (χ2n) is 13.8. The number of carboxylic acids is 1. The fourth-order valence-corrected chi connectivity index (χ4v) is 11.4. The monoisotopic (exact) mass is 814 g/mol. The molecule has 0 fully saturated rings. The summed E-state index contributed by atoms with van der Waals surface area (Å²) in [6, 6.07) is 60.2. The molecular weight excluding hydrogens is 785 g/mol. The number of fused-ring (bicyclic) bond motifs is 4. The molecule has 59 heavy (non-hydrogen) atoms. The van der Waals surface area contributed by atoms with E-state index >= 15 is 0 Å². The highest BCUT2D eigenvalue weighted by Gasteiger charge is 2.22. The minimum Gasteiger partial charge on any atom is -0.477 e. The van der Waals surface area contributed by atoms with Crippen LogP contribution in [0.25, 0.3) is 80.0 Å². The number of anilines is 3. The number of carbonyl (C=O) groups is 1. The number of carboxylic acid groups (broad SMARTS) is 1. The zero-order valence-corrected chi connectivity index (χ0v) is 33.6. The van der Waals surface area contributed by atoms with E-state index in [1.54, 1.807) is 28.7 Å². The molecule has 1 N–H and O–H groups in total. The van der Waals surface area contributed by atoms with Crippen LogP contribution in [-0.4, -0.2) is 21.0 Å². The summed E-state index contributed by atoms with van der Waals surface area (Å²) in [5.41, 5.74) is 11.1. The molecule has 0 radical (unpaired) electrons. The van der Waals surface area contributed by atoms with Crippen molar-refractivity contribution in [3.63, 3.8) is 0 Å². The standard InChI is InChI=1S/C50H30N4O2S3/c51-30-34(50(55)56)27-38-28-42-48(57-38)49-43(58-42)29-41(59-49)40-26-25-39(31-21-23-37(24-22-31)54(35-17-9-3-10-18-35)36-19-11-4-12-20-36)46-47(40)53-45(33-15-7-2-8-16-33)44(52-46)32-13-5-1-6-14-32/h1-29H,(H,55,56)/b34-27+. The normalized spacial score (nSPS) is 11.6. The van der Waals surface area contributed by atoms with Gasteiger partial charge in [0.15, 0.2) is 0 Å². The SMILES string of the molecule is N#C/C(=C\c1cc2sc3cc(-c4ccc(-c5ccc(N(c6ccccc6)c6ccccc6)cc5)c5nc(-c6ccccc6)c(-c6ccccc6)nc45)sc3c2s1)C(=O)O. The molecule has 0 aliphatic rings. The first-order valence-corrected chi connectivity index (χ1v) is 21.2. The third-order valence-electron chi connectivity index (χ3n) is 10.1. The lowest BCUT2D eigenvalue weighted by Crippen LogP contribution is -2.09. The maximum Gasteiger partial charge on any atom is 0.346 e. The molecule has 0 spiro atoms. The quantitative estimate of drug-likeness (QED) is 0.115. The summed E-state index contributed by atoms with van der Waals surface area (Å²) >= 11 is 4.87. The first-order chi connectivity index (χ1) is 29.0. The highest BCUT2D eigenvalue weighted by molar-refractivity contribution is 7.39. The highest BCUT2D eigenvalue weighted by atomic mass is 32.1. The number of aromatic nitrogens is 2. The van der Waals surface area contributed by atoms with Crippen LogP contribution < -0.4 is 4.90 Å².